The molecule has 6 heteroatoms. The van der Waals surface area contributed by atoms with Crippen LogP contribution in [0.1, 0.15) is 30.7 Å². The van der Waals surface area contributed by atoms with Crippen LogP contribution in [-0.2, 0) is 24.2 Å². The zero-order chi connectivity index (χ0) is 22.1. The fourth-order valence-corrected chi connectivity index (χ4v) is 4.81. The number of anilines is 1. The first-order valence-electron chi connectivity index (χ1n) is 11.4. The summed E-state index contributed by atoms with van der Waals surface area (Å²) in [6.45, 7) is 8.01. The summed E-state index contributed by atoms with van der Waals surface area (Å²) in [4.78, 5) is 25.2. The van der Waals surface area contributed by atoms with E-state index in [1.165, 1.54) is 16.7 Å². The van der Waals surface area contributed by atoms with Crippen LogP contribution < -0.4 is 10.5 Å². The minimum atomic E-state index is 0.00339. The van der Waals surface area contributed by atoms with E-state index < -0.39 is 0 Å². The van der Waals surface area contributed by atoms with Crippen molar-refractivity contribution < 1.29 is 4.74 Å². The van der Waals surface area contributed by atoms with E-state index in [2.05, 4.69) is 77.2 Å². The maximum atomic E-state index is 12.8. The van der Waals surface area contributed by atoms with Crippen molar-refractivity contribution in [1.82, 2.24) is 14.9 Å². The summed E-state index contributed by atoms with van der Waals surface area (Å²) in [5.74, 6) is 0.671. The molecule has 0 radical (unpaired) electrons. The van der Waals surface area contributed by atoms with Crippen LogP contribution in [-0.4, -0.2) is 46.7 Å². The lowest BCUT2D eigenvalue weighted by Gasteiger charge is -2.36. The number of morpholine rings is 1. The lowest BCUT2D eigenvalue weighted by molar-refractivity contribution is -0.00576. The number of benzene rings is 2. The molecule has 2 atom stereocenters. The lowest BCUT2D eigenvalue weighted by Crippen LogP contribution is -2.47. The van der Waals surface area contributed by atoms with Crippen molar-refractivity contribution in [3.63, 3.8) is 0 Å². The van der Waals surface area contributed by atoms with E-state index in [4.69, 9.17) is 9.72 Å². The summed E-state index contributed by atoms with van der Waals surface area (Å²) >= 11 is 0. The van der Waals surface area contributed by atoms with Gasteiger partial charge in [-0.1, -0.05) is 54.6 Å². The van der Waals surface area contributed by atoms with E-state index >= 15 is 0 Å². The number of aromatic nitrogens is 2. The van der Waals surface area contributed by atoms with E-state index in [9.17, 15) is 4.79 Å². The molecule has 0 unspecified atom stereocenters. The molecule has 1 saturated heterocycles. The van der Waals surface area contributed by atoms with Gasteiger partial charge in [0.2, 0.25) is 5.95 Å². The highest BCUT2D eigenvalue weighted by molar-refractivity contribution is 5.63. The molecule has 1 N–H and O–H groups in total. The summed E-state index contributed by atoms with van der Waals surface area (Å²) in [6.07, 6.45) is 0.974. The van der Waals surface area contributed by atoms with Gasteiger partial charge in [0.25, 0.3) is 5.56 Å². The Kier molecular flexibility index (Phi) is 5.81. The smallest absolute Gasteiger partial charge is 0.255 e. The number of rotatable bonds is 4. The van der Waals surface area contributed by atoms with E-state index in [-0.39, 0.29) is 17.8 Å². The van der Waals surface area contributed by atoms with Gasteiger partial charge in [-0.3, -0.25) is 14.7 Å². The van der Waals surface area contributed by atoms with Crippen molar-refractivity contribution in [2.45, 2.75) is 45.6 Å². The average Bonchev–Trinajstić information content (AvgIpc) is 2.79. The van der Waals surface area contributed by atoms with Crippen LogP contribution in [0.3, 0.4) is 0 Å². The largest absolute Gasteiger partial charge is 0.372 e. The molecular weight excluding hydrogens is 400 g/mol. The summed E-state index contributed by atoms with van der Waals surface area (Å²) in [6, 6.07) is 19.2. The SMILES string of the molecule is C[C@H]1CN(c2nc3c(c(=O)[nH]2)CCN(Cc2ccc(-c4ccccc4)cc2)C3)C[C@H](C)O1. The number of nitrogens with zero attached hydrogens (tertiary/aromatic N) is 3. The zero-order valence-corrected chi connectivity index (χ0v) is 18.8. The van der Waals surface area contributed by atoms with Crippen LogP contribution in [0.2, 0.25) is 0 Å². The predicted molar refractivity (Wildman–Crippen MR) is 127 cm³/mol. The van der Waals surface area contributed by atoms with E-state index in [1.54, 1.807) is 0 Å². The molecule has 0 spiro atoms. The maximum absolute atomic E-state index is 12.8. The quantitative estimate of drug-likeness (QED) is 0.685. The Morgan fingerprint density at radius 2 is 1.69 bits per heavy atom. The Bertz CT molecular complexity index is 1120. The molecule has 2 aromatic carbocycles. The Balaban J connectivity index is 1.31. The van der Waals surface area contributed by atoms with Crippen LogP contribution in [0, 0.1) is 0 Å². The van der Waals surface area contributed by atoms with Gasteiger partial charge < -0.3 is 9.64 Å². The van der Waals surface area contributed by atoms with Crippen LogP contribution in [0.5, 0.6) is 0 Å². The number of aromatic amines is 1. The highest BCUT2D eigenvalue weighted by Crippen LogP contribution is 2.23. The highest BCUT2D eigenvalue weighted by atomic mass is 16.5. The van der Waals surface area contributed by atoms with Crippen molar-refractivity contribution in [3.05, 3.63) is 81.8 Å². The third kappa shape index (κ3) is 4.47. The summed E-state index contributed by atoms with van der Waals surface area (Å²) in [5, 5.41) is 0. The third-order valence-electron chi connectivity index (χ3n) is 6.33. The molecule has 6 nitrogen and oxygen atoms in total. The number of ether oxygens (including phenoxy) is 1. The first kappa shape index (κ1) is 20.9. The second kappa shape index (κ2) is 8.88. The zero-order valence-electron chi connectivity index (χ0n) is 18.8. The van der Waals surface area contributed by atoms with Crippen LogP contribution in [0.4, 0.5) is 5.95 Å². The number of fused-ring (bicyclic) bond motifs is 1. The maximum Gasteiger partial charge on any atom is 0.255 e. The fraction of sp³-hybridized carbons (Fsp3) is 0.385. The minimum Gasteiger partial charge on any atom is -0.372 e. The molecule has 0 saturated carbocycles. The molecule has 3 heterocycles. The Morgan fingerprint density at radius 3 is 2.41 bits per heavy atom. The summed E-state index contributed by atoms with van der Waals surface area (Å²) in [7, 11) is 0. The average molecular weight is 431 g/mol. The van der Waals surface area contributed by atoms with E-state index in [1.807, 2.05) is 6.07 Å². The molecule has 32 heavy (non-hydrogen) atoms. The first-order chi connectivity index (χ1) is 15.5. The van der Waals surface area contributed by atoms with Gasteiger partial charge in [-0.15, -0.1) is 0 Å². The van der Waals surface area contributed by atoms with Gasteiger partial charge in [0, 0.05) is 38.3 Å². The van der Waals surface area contributed by atoms with Crippen molar-refractivity contribution in [1.29, 1.82) is 0 Å². The highest BCUT2D eigenvalue weighted by Gasteiger charge is 2.27. The van der Waals surface area contributed by atoms with Gasteiger partial charge in [-0.2, -0.15) is 0 Å². The van der Waals surface area contributed by atoms with Crippen LogP contribution >= 0.6 is 0 Å². The molecule has 0 bridgehead atoms. The topological polar surface area (TPSA) is 61.5 Å². The van der Waals surface area contributed by atoms with Gasteiger partial charge in [-0.25, -0.2) is 4.98 Å². The Hall–Kier alpha value is -2.96. The standard InChI is InChI=1S/C26H30N4O2/c1-18-14-30(15-19(2)32-18)26-27-24-17-29(13-12-23(24)25(31)28-26)16-20-8-10-22(11-9-20)21-6-4-3-5-7-21/h3-11,18-19H,12-17H2,1-2H3,(H,27,28,31)/t18-,19-/m0/s1. The molecule has 3 aromatic rings. The third-order valence-corrected chi connectivity index (χ3v) is 6.33. The van der Waals surface area contributed by atoms with Gasteiger partial charge in [0.15, 0.2) is 0 Å². The predicted octanol–water partition coefficient (Wildman–Crippen LogP) is 3.61. The lowest BCUT2D eigenvalue weighted by atomic mass is 10.0. The van der Waals surface area contributed by atoms with Gasteiger partial charge in [0.1, 0.15) is 0 Å². The molecule has 2 aliphatic heterocycles. The second-order valence-corrected chi connectivity index (χ2v) is 9.00. The second-order valence-electron chi connectivity index (χ2n) is 9.00. The molecule has 1 aromatic heterocycles. The molecule has 166 valence electrons. The molecule has 0 aliphatic carbocycles. The fourth-order valence-electron chi connectivity index (χ4n) is 4.81. The molecule has 1 fully saturated rings. The number of H-pyrrole nitrogens is 1. The van der Waals surface area contributed by atoms with E-state index in [0.29, 0.717) is 12.5 Å². The molecule has 0 amide bonds. The monoisotopic (exact) mass is 430 g/mol. The summed E-state index contributed by atoms with van der Waals surface area (Å²) < 4.78 is 5.83. The van der Waals surface area contributed by atoms with E-state index in [0.717, 1.165) is 43.9 Å². The van der Waals surface area contributed by atoms with Crippen molar-refractivity contribution in [2.75, 3.05) is 24.5 Å². The number of hydrogen-bond acceptors (Lipinski definition) is 5. The van der Waals surface area contributed by atoms with Crippen molar-refractivity contribution in [3.8, 4) is 11.1 Å². The van der Waals surface area contributed by atoms with Crippen LogP contribution in [0.15, 0.2) is 59.4 Å². The van der Waals surface area contributed by atoms with Gasteiger partial charge in [-0.05, 0) is 37.0 Å². The minimum absolute atomic E-state index is 0.00339. The first-order valence-corrected chi connectivity index (χ1v) is 11.4. The van der Waals surface area contributed by atoms with Gasteiger partial charge in [0.05, 0.1) is 17.9 Å². The van der Waals surface area contributed by atoms with Gasteiger partial charge >= 0.3 is 0 Å². The van der Waals surface area contributed by atoms with Crippen LogP contribution in [0.25, 0.3) is 11.1 Å². The number of hydrogen-bond donors (Lipinski definition) is 1. The Morgan fingerprint density at radius 1 is 1.00 bits per heavy atom. The molecule has 2 aliphatic rings. The molecular formula is C26H30N4O2. The van der Waals surface area contributed by atoms with Crippen molar-refractivity contribution in [2.24, 2.45) is 0 Å². The Labute approximate surface area is 188 Å². The number of nitrogens with one attached hydrogen (secondary N) is 1. The normalized spacial score (nSPS) is 21.4. The van der Waals surface area contributed by atoms with Crippen molar-refractivity contribution >= 4 is 5.95 Å². The molecule has 5 rings (SSSR count). The summed E-state index contributed by atoms with van der Waals surface area (Å²) in [5.41, 5.74) is 5.47.